The van der Waals surface area contributed by atoms with Gasteiger partial charge in [0.2, 0.25) is 0 Å². The highest BCUT2D eigenvalue weighted by molar-refractivity contribution is 5.94. The lowest BCUT2D eigenvalue weighted by molar-refractivity contribution is -0.0815. The Balaban J connectivity index is 1.35. The van der Waals surface area contributed by atoms with Crippen LogP contribution >= 0.6 is 0 Å². The molecule has 0 aliphatic carbocycles. The number of fused-ring (bicyclic) bond motifs is 2. The van der Waals surface area contributed by atoms with Gasteiger partial charge in [-0.25, -0.2) is 0 Å². The van der Waals surface area contributed by atoms with Crippen LogP contribution in [-0.2, 0) is 42.1 Å². The van der Waals surface area contributed by atoms with Crippen molar-refractivity contribution in [2.45, 2.75) is 58.0 Å². The first kappa shape index (κ1) is 16.9. The van der Waals surface area contributed by atoms with Gasteiger partial charge in [0.1, 0.15) is 18.0 Å². The molecule has 9 heteroatoms. The summed E-state index contributed by atoms with van der Waals surface area (Å²) in [7, 11) is 0. The van der Waals surface area contributed by atoms with E-state index in [0.29, 0.717) is 45.1 Å². The second kappa shape index (κ2) is 6.42. The second-order valence-corrected chi connectivity index (χ2v) is 7.65. The summed E-state index contributed by atoms with van der Waals surface area (Å²) in [4.78, 5) is 14.9. The van der Waals surface area contributed by atoms with Crippen LogP contribution in [0.3, 0.4) is 0 Å². The first-order valence-corrected chi connectivity index (χ1v) is 9.67. The minimum Gasteiger partial charge on any atom is -0.376 e. The maximum atomic E-state index is 13.1. The van der Waals surface area contributed by atoms with Gasteiger partial charge in [0, 0.05) is 30.6 Å². The van der Waals surface area contributed by atoms with Crippen molar-refractivity contribution in [1.82, 2.24) is 29.9 Å². The highest BCUT2D eigenvalue weighted by Crippen LogP contribution is 2.34. The van der Waals surface area contributed by atoms with Crippen molar-refractivity contribution in [3.63, 3.8) is 0 Å². The predicted octanol–water partition coefficient (Wildman–Crippen LogP) is 0.841. The van der Waals surface area contributed by atoms with Gasteiger partial charge in [-0.2, -0.15) is 5.10 Å². The van der Waals surface area contributed by atoms with Gasteiger partial charge in [-0.05, 0) is 12.8 Å². The first-order valence-electron chi connectivity index (χ1n) is 9.67. The molecule has 2 aromatic heterocycles. The van der Waals surface area contributed by atoms with Crippen LogP contribution in [-0.4, -0.2) is 61.1 Å². The van der Waals surface area contributed by atoms with Crippen molar-refractivity contribution in [3.05, 3.63) is 28.6 Å². The number of aromatic amines is 1. The summed E-state index contributed by atoms with van der Waals surface area (Å²) in [6.45, 7) is 5.65. The highest BCUT2D eigenvalue weighted by Gasteiger charge is 2.45. The molecule has 5 heterocycles. The van der Waals surface area contributed by atoms with E-state index < -0.39 is 0 Å². The number of amides is 1. The molecule has 2 aromatic rings. The van der Waals surface area contributed by atoms with Crippen LogP contribution in [0.15, 0.2) is 0 Å². The van der Waals surface area contributed by atoms with Crippen molar-refractivity contribution in [3.8, 4) is 0 Å². The molecule has 144 valence electrons. The summed E-state index contributed by atoms with van der Waals surface area (Å²) in [6, 6.07) is 0. The molecule has 1 amide bonds. The maximum absolute atomic E-state index is 13.1. The number of nitrogens with one attached hydrogen (secondary N) is 1. The van der Waals surface area contributed by atoms with Crippen LogP contribution in [0.4, 0.5) is 0 Å². The lowest BCUT2D eigenvalue weighted by Crippen LogP contribution is -2.45. The van der Waals surface area contributed by atoms with Crippen molar-refractivity contribution < 1.29 is 14.3 Å². The van der Waals surface area contributed by atoms with E-state index in [1.54, 1.807) is 0 Å². The third kappa shape index (κ3) is 2.76. The Bertz CT molecular complexity index is 875. The standard InChI is InChI=1S/C18H24N6O3/c1-2-3-14-20-21-15-9-27-18(11-24(14)15)5-6-23(10-18)17(25)16-12-8-26-7-4-13(12)19-22-16/h2-11H2,1H3,(H,19,22). The van der Waals surface area contributed by atoms with Gasteiger partial charge in [0.15, 0.2) is 11.5 Å². The summed E-state index contributed by atoms with van der Waals surface area (Å²) in [6.07, 6.45) is 3.53. The summed E-state index contributed by atoms with van der Waals surface area (Å²) in [5.41, 5.74) is 2.06. The number of likely N-dealkylation sites (tertiary alicyclic amines) is 1. The Morgan fingerprint density at radius 2 is 2.22 bits per heavy atom. The number of carbonyl (C=O) groups is 1. The minimum absolute atomic E-state index is 0.0400. The molecule has 0 bridgehead atoms. The SMILES string of the molecule is CCCc1nnc2n1CC1(CCN(C(=O)c3n[nH]c4c3COCC4)C1)OC2. The van der Waals surface area contributed by atoms with Gasteiger partial charge in [0.05, 0.1) is 26.3 Å². The van der Waals surface area contributed by atoms with Crippen LogP contribution in [0.1, 0.15) is 53.2 Å². The number of hydrogen-bond donors (Lipinski definition) is 1. The predicted molar refractivity (Wildman–Crippen MR) is 94.0 cm³/mol. The smallest absolute Gasteiger partial charge is 0.274 e. The molecule has 3 aliphatic rings. The zero-order valence-electron chi connectivity index (χ0n) is 15.5. The fourth-order valence-corrected chi connectivity index (χ4v) is 4.33. The minimum atomic E-state index is -0.361. The number of aryl methyl sites for hydroxylation is 1. The van der Waals surface area contributed by atoms with Crippen molar-refractivity contribution >= 4 is 5.91 Å². The molecule has 1 unspecified atom stereocenters. The topological polar surface area (TPSA) is 98.2 Å². The average molecular weight is 372 g/mol. The monoisotopic (exact) mass is 372 g/mol. The lowest BCUT2D eigenvalue weighted by Gasteiger charge is -2.34. The fraction of sp³-hybridized carbons (Fsp3) is 0.667. The summed E-state index contributed by atoms with van der Waals surface area (Å²) < 4.78 is 13.9. The number of aromatic nitrogens is 5. The lowest BCUT2D eigenvalue weighted by atomic mass is 10.0. The highest BCUT2D eigenvalue weighted by atomic mass is 16.5. The molecule has 1 N–H and O–H groups in total. The summed E-state index contributed by atoms with van der Waals surface area (Å²) in [5, 5.41) is 15.8. The molecule has 1 spiro atoms. The van der Waals surface area contributed by atoms with Crippen molar-refractivity contribution in [2.24, 2.45) is 0 Å². The molecular formula is C18H24N6O3. The van der Waals surface area contributed by atoms with Crippen molar-refractivity contribution in [1.29, 1.82) is 0 Å². The average Bonchev–Trinajstić information content (AvgIpc) is 3.40. The molecule has 1 fully saturated rings. The molecule has 0 aromatic carbocycles. The third-order valence-electron chi connectivity index (χ3n) is 5.83. The van der Waals surface area contributed by atoms with E-state index in [9.17, 15) is 4.79 Å². The molecule has 0 saturated carbocycles. The van der Waals surface area contributed by atoms with Crippen LogP contribution in [0.2, 0.25) is 0 Å². The number of carbonyl (C=O) groups excluding carboxylic acids is 1. The number of rotatable bonds is 3. The summed E-state index contributed by atoms with van der Waals surface area (Å²) in [5.74, 6) is 1.85. The van der Waals surface area contributed by atoms with Crippen LogP contribution in [0.5, 0.6) is 0 Å². The normalized spacial score (nSPS) is 24.3. The second-order valence-electron chi connectivity index (χ2n) is 7.65. The van der Waals surface area contributed by atoms with Gasteiger partial charge in [0.25, 0.3) is 5.91 Å². The van der Waals surface area contributed by atoms with Gasteiger partial charge < -0.3 is 18.9 Å². The molecular weight excluding hydrogens is 348 g/mol. The molecule has 3 aliphatic heterocycles. The zero-order chi connectivity index (χ0) is 18.4. The van der Waals surface area contributed by atoms with Gasteiger partial charge in [-0.3, -0.25) is 9.89 Å². The Morgan fingerprint density at radius 1 is 1.30 bits per heavy atom. The van der Waals surface area contributed by atoms with E-state index in [2.05, 4.69) is 31.9 Å². The Labute approximate surface area is 157 Å². The zero-order valence-corrected chi connectivity index (χ0v) is 15.5. The van der Waals surface area contributed by atoms with Crippen LogP contribution in [0.25, 0.3) is 0 Å². The van der Waals surface area contributed by atoms with Gasteiger partial charge >= 0.3 is 0 Å². The molecule has 1 saturated heterocycles. The van der Waals surface area contributed by atoms with E-state index in [0.717, 1.165) is 48.6 Å². The molecule has 5 rings (SSSR count). The van der Waals surface area contributed by atoms with E-state index in [1.807, 2.05) is 4.90 Å². The third-order valence-corrected chi connectivity index (χ3v) is 5.83. The first-order chi connectivity index (χ1) is 13.2. The number of ether oxygens (including phenoxy) is 2. The van der Waals surface area contributed by atoms with E-state index in [4.69, 9.17) is 9.47 Å². The molecule has 27 heavy (non-hydrogen) atoms. The molecule has 9 nitrogen and oxygen atoms in total. The Hall–Kier alpha value is -2.26. The maximum Gasteiger partial charge on any atom is 0.274 e. The Morgan fingerprint density at radius 3 is 3.11 bits per heavy atom. The van der Waals surface area contributed by atoms with E-state index in [1.165, 1.54) is 0 Å². The van der Waals surface area contributed by atoms with Crippen molar-refractivity contribution in [2.75, 3.05) is 19.7 Å². The van der Waals surface area contributed by atoms with Crippen LogP contribution in [0, 0.1) is 0 Å². The number of hydrogen-bond acceptors (Lipinski definition) is 6. The van der Waals surface area contributed by atoms with E-state index >= 15 is 0 Å². The van der Waals surface area contributed by atoms with Crippen LogP contribution < -0.4 is 0 Å². The van der Waals surface area contributed by atoms with Gasteiger partial charge in [-0.1, -0.05) is 6.92 Å². The van der Waals surface area contributed by atoms with Gasteiger partial charge in [-0.15, -0.1) is 10.2 Å². The number of H-pyrrole nitrogens is 1. The largest absolute Gasteiger partial charge is 0.376 e. The fourth-order valence-electron chi connectivity index (χ4n) is 4.33. The Kier molecular flexibility index (Phi) is 4.01. The quantitative estimate of drug-likeness (QED) is 0.857. The summed E-state index contributed by atoms with van der Waals surface area (Å²) >= 11 is 0. The number of nitrogens with zero attached hydrogens (tertiary/aromatic N) is 5. The molecule has 1 atom stereocenters. The van der Waals surface area contributed by atoms with E-state index in [-0.39, 0.29) is 11.5 Å². The molecule has 0 radical (unpaired) electrons.